The van der Waals surface area contributed by atoms with E-state index in [9.17, 15) is 0 Å². The molecule has 1 unspecified atom stereocenters. The molecule has 0 aromatic heterocycles. The molecule has 0 spiro atoms. The summed E-state index contributed by atoms with van der Waals surface area (Å²) in [5, 5.41) is 0. The molecule has 3 rings (SSSR count). The first-order valence-corrected chi connectivity index (χ1v) is 9.10. The van der Waals surface area contributed by atoms with E-state index in [-0.39, 0.29) is 0 Å². The number of halogens is 1. The van der Waals surface area contributed by atoms with Gasteiger partial charge in [-0.05, 0) is 67.6 Å². The molecule has 1 atom stereocenters. The Morgan fingerprint density at radius 1 is 1.00 bits per heavy atom. The van der Waals surface area contributed by atoms with Crippen LogP contribution in [0.4, 0.5) is 0 Å². The maximum atomic E-state index is 3.64. The van der Waals surface area contributed by atoms with Gasteiger partial charge in [-0.15, -0.1) is 0 Å². The van der Waals surface area contributed by atoms with Gasteiger partial charge < -0.3 is 4.90 Å². The highest BCUT2D eigenvalue weighted by molar-refractivity contribution is 9.10. The fourth-order valence-electron chi connectivity index (χ4n) is 3.24. The Bertz CT molecular complexity index is 599. The highest BCUT2D eigenvalue weighted by Gasteiger charge is 2.13. The van der Waals surface area contributed by atoms with Crippen molar-refractivity contribution < 1.29 is 0 Å². The monoisotopic (exact) mass is 357 g/mol. The Kier molecular flexibility index (Phi) is 5.32. The zero-order valence-electron chi connectivity index (χ0n) is 13.3. The Morgan fingerprint density at radius 3 is 2.36 bits per heavy atom. The average Bonchev–Trinajstić information content (AvgIpc) is 3.07. The third-order valence-electron chi connectivity index (χ3n) is 4.74. The van der Waals surface area contributed by atoms with Crippen LogP contribution in [0.2, 0.25) is 0 Å². The molecule has 0 N–H and O–H groups in total. The Balaban J connectivity index is 1.64. The minimum absolute atomic E-state index is 0.633. The van der Waals surface area contributed by atoms with Crippen molar-refractivity contribution in [1.29, 1.82) is 0 Å². The molecular formula is C20H24BrN. The first-order chi connectivity index (χ1) is 10.7. The molecule has 2 aromatic carbocycles. The molecular weight excluding hydrogens is 334 g/mol. The topological polar surface area (TPSA) is 3.24 Å². The van der Waals surface area contributed by atoms with Crippen molar-refractivity contribution in [2.24, 2.45) is 0 Å². The lowest BCUT2D eigenvalue weighted by Crippen LogP contribution is -2.21. The molecule has 0 amide bonds. The predicted octanol–water partition coefficient (Wildman–Crippen LogP) is 5.71. The van der Waals surface area contributed by atoms with Crippen LogP contribution in [0.3, 0.4) is 0 Å². The van der Waals surface area contributed by atoms with Gasteiger partial charge in [-0.3, -0.25) is 0 Å². The standard InChI is InChI=1S/C20H24BrN/c1-16(12-15-22-13-4-5-14-22)17-8-10-18(11-9-17)19-6-2-3-7-20(19)21/h2-3,6-11,16H,4-5,12-15H2,1H3. The SMILES string of the molecule is CC(CCN1CCCC1)c1ccc(-c2ccccc2Br)cc1. The smallest absolute Gasteiger partial charge is 0.0253 e. The van der Waals surface area contributed by atoms with Gasteiger partial charge in [0.05, 0.1) is 0 Å². The van der Waals surface area contributed by atoms with Crippen molar-refractivity contribution in [3.8, 4) is 11.1 Å². The minimum Gasteiger partial charge on any atom is -0.303 e. The molecule has 1 aliphatic heterocycles. The molecule has 1 nitrogen and oxygen atoms in total. The van der Waals surface area contributed by atoms with Crippen LogP contribution in [0.15, 0.2) is 53.0 Å². The first-order valence-electron chi connectivity index (χ1n) is 8.31. The summed E-state index contributed by atoms with van der Waals surface area (Å²) in [7, 11) is 0. The second-order valence-corrected chi connectivity index (χ2v) is 7.19. The fraction of sp³-hybridized carbons (Fsp3) is 0.400. The molecule has 1 saturated heterocycles. The predicted molar refractivity (Wildman–Crippen MR) is 98.3 cm³/mol. The molecule has 1 heterocycles. The maximum absolute atomic E-state index is 3.64. The molecule has 2 heteroatoms. The van der Waals surface area contributed by atoms with Crippen LogP contribution in [0.25, 0.3) is 11.1 Å². The van der Waals surface area contributed by atoms with Gasteiger partial charge >= 0.3 is 0 Å². The summed E-state index contributed by atoms with van der Waals surface area (Å²) >= 11 is 3.64. The second-order valence-electron chi connectivity index (χ2n) is 6.34. The van der Waals surface area contributed by atoms with Gasteiger partial charge in [-0.25, -0.2) is 0 Å². The molecule has 0 aliphatic carbocycles. The Labute approximate surface area is 142 Å². The van der Waals surface area contributed by atoms with Crippen molar-refractivity contribution in [1.82, 2.24) is 4.90 Å². The van der Waals surface area contributed by atoms with Gasteiger partial charge in [0, 0.05) is 4.47 Å². The molecule has 1 fully saturated rings. The summed E-state index contributed by atoms with van der Waals surface area (Å²) in [6.45, 7) is 6.19. The molecule has 0 saturated carbocycles. The molecule has 0 bridgehead atoms. The van der Waals surface area contributed by atoms with Crippen molar-refractivity contribution in [3.63, 3.8) is 0 Å². The van der Waals surface area contributed by atoms with E-state index in [0.717, 1.165) is 4.47 Å². The summed E-state index contributed by atoms with van der Waals surface area (Å²) in [4.78, 5) is 2.60. The fourth-order valence-corrected chi connectivity index (χ4v) is 3.75. The van der Waals surface area contributed by atoms with E-state index in [4.69, 9.17) is 0 Å². The maximum Gasteiger partial charge on any atom is 0.0253 e. The average molecular weight is 358 g/mol. The molecule has 1 aliphatic rings. The van der Waals surface area contributed by atoms with Crippen LogP contribution in [0, 0.1) is 0 Å². The highest BCUT2D eigenvalue weighted by Crippen LogP contribution is 2.29. The third-order valence-corrected chi connectivity index (χ3v) is 5.43. The quantitative estimate of drug-likeness (QED) is 0.662. The number of nitrogens with zero attached hydrogens (tertiary/aromatic N) is 1. The summed E-state index contributed by atoms with van der Waals surface area (Å²) in [6.07, 6.45) is 4.03. The summed E-state index contributed by atoms with van der Waals surface area (Å²) in [5.74, 6) is 0.633. The lowest BCUT2D eigenvalue weighted by Gasteiger charge is -2.18. The number of hydrogen-bond donors (Lipinski definition) is 0. The van der Waals surface area contributed by atoms with Crippen LogP contribution in [-0.4, -0.2) is 24.5 Å². The number of rotatable bonds is 5. The van der Waals surface area contributed by atoms with E-state index in [1.807, 2.05) is 0 Å². The van der Waals surface area contributed by atoms with Crippen LogP contribution >= 0.6 is 15.9 Å². The van der Waals surface area contributed by atoms with Crippen molar-refractivity contribution in [2.75, 3.05) is 19.6 Å². The van der Waals surface area contributed by atoms with Gasteiger partial charge in [0.1, 0.15) is 0 Å². The van der Waals surface area contributed by atoms with E-state index in [0.29, 0.717) is 5.92 Å². The number of likely N-dealkylation sites (tertiary alicyclic amines) is 1. The highest BCUT2D eigenvalue weighted by atomic mass is 79.9. The van der Waals surface area contributed by atoms with Gasteiger partial charge in [-0.1, -0.05) is 65.3 Å². The lowest BCUT2D eigenvalue weighted by atomic mass is 9.95. The van der Waals surface area contributed by atoms with Gasteiger partial charge in [-0.2, -0.15) is 0 Å². The van der Waals surface area contributed by atoms with Crippen molar-refractivity contribution in [2.45, 2.75) is 32.1 Å². The zero-order valence-corrected chi connectivity index (χ0v) is 14.8. The van der Waals surface area contributed by atoms with Gasteiger partial charge in [0.2, 0.25) is 0 Å². The number of hydrogen-bond acceptors (Lipinski definition) is 1. The molecule has 2 aromatic rings. The minimum atomic E-state index is 0.633. The van der Waals surface area contributed by atoms with Crippen LogP contribution < -0.4 is 0 Å². The van der Waals surface area contributed by atoms with E-state index in [2.05, 4.69) is 76.3 Å². The van der Waals surface area contributed by atoms with Gasteiger partial charge in [0.25, 0.3) is 0 Å². The summed E-state index contributed by atoms with van der Waals surface area (Å²) < 4.78 is 1.16. The Morgan fingerprint density at radius 2 is 1.68 bits per heavy atom. The van der Waals surface area contributed by atoms with E-state index in [1.165, 1.54) is 55.6 Å². The van der Waals surface area contributed by atoms with Crippen LogP contribution in [0.1, 0.15) is 37.7 Å². The molecule has 116 valence electrons. The normalized spacial score (nSPS) is 16.8. The zero-order chi connectivity index (χ0) is 15.4. The van der Waals surface area contributed by atoms with Crippen LogP contribution in [-0.2, 0) is 0 Å². The van der Waals surface area contributed by atoms with Crippen molar-refractivity contribution >= 4 is 15.9 Å². The third kappa shape index (κ3) is 3.80. The van der Waals surface area contributed by atoms with E-state index in [1.54, 1.807) is 0 Å². The lowest BCUT2D eigenvalue weighted by molar-refractivity contribution is 0.324. The largest absolute Gasteiger partial charge is 0.303 e. The Hall–Kier alpha value is -1.12. The second kappa shape index (κ2) is 7.43. The molecule has 22 heavy (non-hydrogen) atoms. The van der Waals surface area contributed by atoms with Crippen LogP contribution in [0.5, 0.6) is 0 Å². The van der Waals surface area contributed by atoms with E-state index >= 15 is 0 Å². The summed E-state index contributed by atoms with van der Waals surface area (Å²) in [6, 6.07) is 17.5. The van der Waals surface area contributed by atoms with Gasteiger partial charge in [0.15, 0.2) is 0 Å². The van der Waals surface area contributed by atoms with E-state index < -0.39 is 0 Å². The van der Waals surface area contributed by atoms with Crippen molar-refractivity contribution in [3.05, 3.63) is 58.6 Å². The molecule has 0 radical (unpaired) electrons. The summed E-state index contributed by atoms with van der Waals surface area (Å²) in [5.41, 5.74) is 4.00. The first kappa shape index (κ1) is 15.8. The number of benzene rings is 2.